The molecule has 0 spiro atoms. The number of aromatic nitrogens is 2. The average molecular weight is 481 g/mol. The van der Waals surface area contributed by atoms with Crippen LogP contribution >= 0.6 is 0 Å². The highest BCUT2D eigenvalue weighted by Gasteiger charge is 2.09. The number of anilines is 5. The molecule has 0 aliphatic rings. The van der Waals surface area contributed by atoms with Crippen molar-refractivity contribution in [2.75, 3.05) is 49.8 Å². The molecule has 0 atom stereocenters. The van der Waals surface area contributed by atoms with Crippen LogP contribution in [0.2, 0.25) is 0 Å². The molecule has 2 aromatic carbocycles. The molecule has 3 aromatic rings. The summed E-state index contributed by atoms with van der Waals surface area (Å²) >= 11 is 0. The van der Waals surface area contributed by atoms with Gasteiger partial charge in [-0.05, 0) is 49.9 Å². The number of methoxy groups -OCH3 is 1. The molecule has 1 amide bonds. The van der Waals surface area contributed by atoms with Crippen molar-refractivity contribution < 1.29 is 13.9 Å². The monoisotopic (exact) mass is 480 g/mol. The largest absolute Gasteiger partial charge is 0.383 e. The highest BCUT2D eigenvalue weighted by atomic mass is 19.1. The highest BCUT2D eigenvalue weighted by Crippen LogP contribution is 2.22. The summed E-state index contributed by atoms with van der Waals surface area (Å²) in [5.74, 6) is -0.514. The Kier molecular flexibility index (Phi) is 10.8. The summed E-state index contributed by atoms with van der Waals surface area (Å²) in [7, 11) is 3.61. The van der Waals surface area contributed by atoms with E-state index in [2.05, 4.69) is 25.9 Å². The number of hydrogen-bond donors (Lipinski definition) is 3. The van der Waals surface area contributed by atoms with Crippen LogP contribution in [0.5, 0.6) is 0 Å². The van der Waals surface area contributed by atoms with Crippen molar-refractivity contribution in [1.29, 1.82) is 0 Å². The van der Waals surface area contributed by atoms with E-state index in [9.17, 15) is 9.18 Å². The van der Waals surface area contributed by atoms with E-state index in [-0.39, 0.29) is 25.1 Å². The molecule has 0 fully saturated rings. The summed E-state index contributed by atoms with van der Waals surface area (Å²) in [6.07, 6.45) is 4.39. The van der Waals surface area contributed by atoms with Crippen LogP contribution in [-0.4, -0.2) is 54.6 Å². The molecule has 0 saturated carbocycles. The van der Waals surface area contributed by atoms with Gasteiger partial charge in [-0.1, -0.05) is 31.7 Å². The zero-order valence-corrected chi connectivity index (χ0v) is 19.5. The fourth-order valence-corrected chi connectivity index (χ4v) is 3.04. The molecule has 9 heteroatoms. The van der Waals surface area contributed by atoms with Crippen molar-refractivity contribution in [3.63, 3.8) is 0 Å². The number of hydrogen-bond acceptors (Lipinski definition) is 7. The van der Waals surface area contributed by atoms with Gasteiger partial charge in [0.15, 0.2) is 11.6 Å². The molecule has 0 radical (unpaired) electrons. The molecule has 3 rings (SSSR count). The standard InChI is InChI=1S/C25H29FN6O2.CH4/c1-18-7-4-8-19(15-18)29-24-22(26)17-27-25(31-24)30-21-10-5-9-20(16-21)28-23(33)11-6-12-32(2)13-14-34-3;/h4-11,15-17H,12-14H2,1-3H3,(H,28,33)(H2,27,29,30,31);1H4/b11-6+;. The third kappa shape index (κ3) is 9.15. The summed E-state index contributed by atoms with van der Waals surface area (Å²) < 4.78 is 19.3. The normalized spacial score (nSPS) is 10.8. The Morgan fingerprint density at radius 3 is 2.57 bits per heavy atom. The van der Waals surface area contributed by atoms with Gasteiger partial charge in [-0.15, -0.1) is 0 Å². The number of amides is 1. The number of ether oxygens (including phenoxy) is 1. The fraction of sp³-hybridized carbons (Fsp3) is 0.269. The molecule has 3 N–H and O–H groups in total. The topological polar surface area (TPSA) is 91.4 Å². The number of aryl methyl sites for hydroxylation is 1. The Bertz CT molecular complexity index is 1140. The average Bonchev–Trinajstić information content (AvgIpc) is 2.80. The molecule has 8 nitrogen and oxygen atoms in total. The van der Waals surface area contributed by atoms with Gasteiger partial charge < -0.3 is 25.6 Å². The van der Waals surface area contributed by atoms with E-state index in [0.717, 1.165) is 24.0 Å². The number of benzene rings is 2. The Morgan fingerprint density at radius 2 is 1.83 bits per heavy atom. The van der Waals surface area contributed by atoms with E-state index in [4.69, 9.17) is 4.74 Å². The van der Waals surface area contributed by atoms with Crippen molar-refractivity contribution in [3.8, 4) is 0 Å². The Balaban J connectivity index is 0.00000432. The van der Waals surface area contributed by atoms with Gasteiger partial charge in [0, 0.05) is 43.3 Å². The minimum Gasteiger partial charge on any atom is -0.383 e. The van der Waals surface area contributed by atoms with E-state index in [1.54, 1.807) is 37.5 Å². The zero-order chi connectivity index (χ0) is 24.3. The van der Waals surface area contributed by atoms with Crippen LogP contribution in [0.4, 0.5) is 33.2 Å². The fourth-order valence-electron chi connectivity index (χ4n) is 3.04. The lowest BCUT2D eigenvalue weighted by Crippen LogP contribution is -2.23. The first-order valence-corrected chi connectivity index (χ1v) is 10.8. The van der Waals surface area contributed by atoms with Crippen molar-refractivity contribution in [3.05, 3.63) is 78.3 Å². The first-order valence-electron chi connectivity index (χ1n) is 10.8. The van der Waals surface area contributed by atoms with Crippen molar-refractivity contribution in [1.82, 2.24) is 14.9 Å². The maximum absolute atomic E-state index is 14.2. The van der Waals surface area contributed by atoms with Crippen LogP contribution in [0.25, 0.3) is 0 Å². The number of nitrogens with one attached hydrogen (secondary N) is 3. The van der Waals surface area contributed by atoms with Crippen LogP contribution in [0.3, 0.4) is 0 Å². The molecule has 0 unspecified atom stereocenters. The number of rotatable bonds is 11. The zero-order valence-electron chi connectivity index (χ0n) is 19.5. The van der Waals surface area contributed by atoms with E-state index < -0.39 is 5.82 Å². The maximum atomic E-state index is 14.2. The SMILES string of the molecule is C.COCCN(C)C/C=C/C(=O)Nc1cccc(Nc2ncc(F)c(Nc3cccc(C)c3)n2)c1. The van der Waals surface area contributed by atoms with Crippen LogP contribution in [0, 0.1) is 12.7 Å². The quantitative estimate of drug-likeness (QED) is 0.328. The van der Waals surface area contributed by atoms with Gasteiger partial charge in [0.05, 0.1) is 12.8 Å². The van der Waals surface area contributed by atoms with Crippen LogP contribution in [0.15, 0.2) is 66.9 Å². The van der Waals surface area contributed by atoms with E-state index in [1.165, 1.54) is 6.08 Å². The van der Waals surface area contributed by atoms with Gasteiger partial charge >= 0.3 is 0 Å². The van der Waals surface area contributed by atoms with Gasteiger partial charge in [0.1, 0.15) is 0 Å². The molecular weight excluding hydrogens is 447 g/mol. The predicted molar refractivity (Wildman–Crippen MR) is 140 cm³/mol. The molecule has 35 heavy (non-hydrogen) atoms. The first-order chi connectivity index (χ1) is 16.4. The number of carbonyl (C=O) groups excluding carboxylic acids is 1. The first kappa shape index (κ1) is 27.4. The summed E-state index contributed by atoms with van der Waals surface area (Å²) in [6, 6.07) is 14.7. The smallest absolute Gasteiger partial charge is 0.248 e. The molecular formula is C26H33FN6O2. The summed E-state index contributed by atoms with van der Waals surface area (Å²) in [6.45, 7) is 4.01. The van der Waals surface area contributed by atoms with Crippen molar-refractivity contribution in [2.45, 2.75) is 14.4 Å². The third-order valence-corrected chi connectivity index (χ3v) is 4.77. The van der Waals surface area contributed by atoms with E-state index >= 15 is 0 Å². The third-order valence-electron chi connectivity index (χ3n) is 4.77. The second kappa shape index (κ2) is 13.8. The second-order valence-corrected chi connectivity index (χ2v) is 7.74. The summed E-state index contributed by atoms with van der Waals surface area (Å²) in [4.78, 5) is 22.5. The molecule has 186 valence electrons. The number of likely N-dealkylation sites (N-methyl/N-ethyl adjacent to an activating group) is 1. The summed E-state index contributed by atoms with van der Waals surface area (Å²) in [5.41, 5.74) is 3.03. The van der Waals surface area contributed by atoms with Crippen molar-refractivity contribution in [2.24, 2.45) is 0 Å². The lowest BCUT2D eigenvalue weighted by Gasteiger charge is -2.12. The molecule has 0 aliphatic carbocycles. The summed E-state index contributed by atoms with van der Waals surface area (Å²) in [5, 5.41) is 8.84. The lowest BCUT2D eigenvalue weighted by molar-refractivity contribution is -0.111. The Labute approximate surface area is 206 Å². The van der Waals surface area contributed by atoms with Crippen LogP contribution < -0.4 is 16.0 Å². The molecule has 0 bridgehead atoms. The Hall–Kier alpha value is -3.82. The second-order valence-electron chi connectivity index (χ2n) is 7.74. The molecule has 0 aliphatic heterocycles. The molecule has 0 saturated heterocycles. The van der Waals surface area contributed by atoms with Crippen LogP contribution in [0.1, 0.15) is 13.0 Å². The van der Waals surface area contributed by atoms with Gasteiger partial charge in [-0.2, -0.15) is 4.98 Å². The molecule has 1 heterocycles. The number of carbonyl (C=O) groups is 1. The van der Waals surface area contributed by atoms with Gasteiger partial charge in [0.2, 0.25) is 11.9 Å². The van der Waals surface area contributed by atoms with Crippen molar-refractivity contribution >= 4 is 34.7 Å². The van der Waals surface area contributed by atoms with E-state index in [0.29, 0.717) is 24.5 Å². The minimum atomic E-state index is -0.562. The maximum Gasteiger partial charge on any atom is 0.248 e. The highest BCUT2D eigenvalue weighted by molar-refractivity contribution is 5.99. The van der Waals surface area contributed by atoms with Gasteiger partial charge in [0.25, 0.3) is 0 Å². The van der Waals surface area contributed by atoms with Crippen LogP contribution in [-0.2, 0) is 9.53 Å². The molecule has 1 aromatic heterocycles. The lowest BCUT2D eigenvalue weighted by atomic mass is 10.2. The Morgan fingerprint density at radius 1 is 1.11 bits per heavy atom. The minimum absolute atomic E-state index is 0. The van der Waals surface area contributed by atoms with E-state index in [1.807, 2.05) is 43.1 Å². The number of nitrogens with zero attached hydrogens (tertiary/aromatic N) is 3. The van der Waals surface area contributed by atoms with Gasteiger partial charge in [-0.3, -0.25) is 4.79 Å². The number of halogens is 1. The predicted octanol–water partition coefficient (Wildman–Crippen LogP) is 5.12. The van der Waals surface area contributed by atoms with Gasteiger partial charge in [-0.25, -0.2) is 9.37 Å².